The molecule has 3 aromatic carbocycles. The van der Waals surface area contributed by atoms with Crippen molar-refractivity contribution in [1.29, 1.82) is 0 Å². The summed E-state index contributed by atoms with van der Waals surface area (Å²) in [4.78, 5) is 39.7. The fourth-order valence-electron chi connectivity index (χ4n) is 3.83. The molecule has 2 N–H and O–H groups in total. The molecule has 3 aromatic rings. The lowest BCUT2D eigenvalue weighted by Crippen LogP contribution is -2.33. The summed E-state index contributed by atoms with van der Waals surface area (Å²) in [6.07, 6.45) is 0. The lowest BCUT2D eigenvalue weighted by molar-refractivity contribution is -0.120. The number of rotatable bonds is 5. The summed E-state index contributed by atoms with van der Waals surface area (Å²) in [7, 11) is 0. The molecule has 33 heavy (non-hydrogen) atoms. The van der Waals surface area contributed by atoms with E-state index < -0.39 is 11.8 Å². The molecule has 0 fully saturated rings. The van der Waals surface area contributed by atoms with Crippen LogP contribution in [-0.4, -0.2) is 17.7 Å². The van der Waals surface area contributed by atoms with Crippen molar-refractivity contribution in [1.82, 2.24) is 0 Å². The molecule has 0 saturated carbocycles. The summed E-state index contributed by atoms with van der Waals surface area (Å²) < 4.78 is 0. The second-order valence-corrected chi connectivity index (χ2v) is 8.16. The molecule has 0 saturated heterocycles. The van der Waals surface area contributed by atoms with E-state index in [0.717, 1.165) is 22.4 Å². The standard InChI is InChI=1S/C27H25N3O3/c1-16-9-12-22(15-18(16)3)29-25-24(20-10-13-21(14-11-20)28-19(4)31)26(32)30(27(25)33)23-8-6-5-7-17(23)2/h5-15,29H,1-4H3,(H,28,31). The number of para-hydroxylation sites is 1. The number of anilines is 3. The van der Waals surface area contributed by atoms with Crippen LogP contribution in [0.2, 0.25) is 0 Å². The number of hydrogen-bond acceptors (Lipinski definition) is 4. The lowest BCUT2D eigenvalue weighted by atomic mass is 10.0. The number of carbonyl (C=O) groups excluding carboxylic acids is 3. The molecular formula is C27H25N3O3. The number of amides is 3. The molecule has 166 valence electrons. The number of aryl methyl sites for hydroxylation is 3. The maximum atomic E-state index is 13.6. The van der Waals surface area contributed by atoms with Crippen molar-refractivity contribution >= 4 is 40.4 Å². The maximum Gasteiger partial charge on any atom is 0.282 e. The Morgan fingerprint density at radius 3 is 2.06 bits per heavy atom. The van der Waals surface area contributed by atoms with E-state index in [1.807, 2.05) is 51.1 Å². The van der Waals surface area contributed by atoms with Crippen molar-refractivity contribution in [2.75, 3.05) is 15.5 Å². The molecule has 0 aliphatic carbocycles. The van der Waals surface area contributed by atoms with Gasteiger partial charge in [0.1, 0.15) is 5.70 Å². The quantitative estimate of drug-likeness (QED) is 0.551. The third kappa shape index (κ3) is 4.28. The van der Waals surface area contributed by atoms with Gasteiger partial charge in [0.2, 0.25) is 5.91 Å². The Balaban J connectivity index is 1.81. The average molecular weight is 440 g/mol. The summed E-state index contributed by atoms with van der Waals surface area (Å²) in [6, 6.07) is 20.0. The molecule has 0 spiro atoms. The molecule has 1 aliphatic heterocycles. The third-order valence-corrected chi connectivity index (χ3v) is 5.71. The molecule has 6 nitrogen and oxygen atoms in total. The van der Waals surface area contributed by atoms with Crippen LogP contribution in [-0.2, 0) is 14.4 Å². The molecular weight excluding hydrogens is 414 g/mol. The number of benzene rings is 3. The van der Waals surface area contributed by atoms with Gasteiger partial charge in [-0.3, -0.25) is 14.4 Å². The molecule has 0 unspecified atom stereocenters. The van der Waals surface area contributed by atoms with E-state index in [2.05, 4.69) is 10.6 Å². The fourth-order valence-corrected chi connectivity index (χ4v) is 3.83. The highest BCUT2D eigenvalue weighted by molar-refractivity contribution is 6.46. The molecule has 0 radical (unpaired) electrons. The number of nitrogens with zero attached hydrogens (tertiary/aromatic N) is 1. The van der Waals surface area contributed by atoms with Gasteiger partial charge in [0.15, 0.2) is 0 Å². The van der Waals surface area contributed by atoms with Gasteiger partial charge in [-0.25, -0.2) is 4.90 Å². The maximum absolute atomic E-state index is 13.6. The van der Waals surface area contributed by atoms with Gasteiger partial charge >= 0.3 is 0 Å². The number of nitrogens with one attached hydrogen (secondary N) is 2. The van der Waals surface area contributed by atoms with Crippen LogP contribution in [0.4, 0.5) is 17.1 Å². The minimum Gasteiger partial charge on any atom is -0.350 e. The third-order valence-electron chi connectivity index (χ3n) is 5.71. The van der Waals surface area contributed by atoms with E-state index in [0.29, 0.717) is 16.9 Å². The Morgan fingerprint density at radius 1 is 0.758 bits per heavy atom. The van der Waals surface area contributed by atoms with Crippen molar-refractivity contribution < 1.29 is 14.4 Å². The first-order valence-corrected chi connectivity index (χ1v) is 10.7. The molecule has 1 heterocycles. The zero-order chi connectivity index (χ0) is 23.7. The van der Waals surface area contributed by atoms with Crippen LogP contribution in [0.25, 0.3) is 5.57 Å². The summed E-state index contributed by atoms with van der Waals surface area (Å²) in [5.74, 6) is -0.988. The van der Waals surface area contributed by atoms with E-state index in [4.69, 9.17) is 0 Å². The molecule has 1 aliphatic rings. The lowest BCUT2D eigenvalue weighted by Gasteiger charge is -2.17. The molecule has 3 amide bonds. The topological polar surface area (TPSA) is 78.5 Å². The Labute approximate surface area is 192 Å². The highest BCUT2D eigenvalue weighted by Crippen LogP contribution is 2.35. The number of carbonyl (C=O) groups is 3. The zero-order valence-electron chi connectivity index (χ0n) is 19.0. The minimum absolute atomic E-state index is 0.183. The second-order valence-electron chi connectivity index (χ2n) is 8.16. The van der Waals surface area contributed by atoms with Gasteiger partial charge in [0.25, 0.3) is 11.8 Å². The van der Waals surface area contributed by atoms with Crippen LogP contribution >= 0.6 is 0 Å². The Morgan fingerprint density at radius 2 is 1.42 bits per heavy atom. The van der Waals surface area contributed by atoms with Crippen LogP contribution in [0.15, 0.2) is 72.4 Å². The van der Waals surface area contributed by atoms with E-state index in [-0.39, 0.29) is 17.2 Å². The van der Waals surface area contributed by atoms with Crippen molar-refractivity contribution in [3.63, 3.8) is 0 Å². The smallest absolute Gasteiger partial charge is 0.282 e. The highest BCUT2D eigenvalue weighted by atomic mass is 16.2. The van der Waals surface area contributed by atoms with E-state index in [9.17, 15) is 14.4 Å². The Bertz CT molecular complexity index is 1310. The summed E-state index contributed by atoms with van der Waals surface area (Å²) in [6.45, 7) is 7.32. The minimum atomic E-state index is -0.409. The normalized spacial score (nSPS) is 13.5. The largest absolute Gasteiger partial charge is 0.350 e. The van der Waals surface area contributed by atoms with Crippen LogP contribution in [0.5, 0.6) is 0 Å². The molecule has 0 aromatic heterocycles. The first-order valence-electron chi connectivity index (χ1n) is 10.7. The fraction of sp³-hybridized carbons (Fsp3) is 0.148. The van der Waals surface area contributed by atoms with E-state index in [1.165, 1.54) is 11.8 Å². The van der Waals surface area contributed by atoms with Gasteiger partial charge in [-0.2, -0.15) is 0 Å². The van der Waals surface area contributed by atoms with Gasteiger partial charge in [0.05, 0.1) is 11.3 Å². The Kier molecular flexibility index (Phi) is 5.84. The highest BCUT2D eigenvalue weighted by Gasteiger charge is 2.40. The van der Waals surface area contributed by atoms with Crippen LogP contribution in [0.3, 0.4) is 0 Å². The van der Waals surface area contributed by atoms with Crippen molar-refractivity contribution in [2.45, 2.75) is 27.7 Å². The molecule has 6 heteroatoms. The zero-order valence-corrected chi connectivity index (χ0v) is 19.0. The SMILES string of the molecule is CC(=O)Nc1ccc(C2=C(Nc3ccc(C)c(C)c3)C(=O)N(c3ccccc3C)C2=O)cc1. The van der Waals surface area contributed by atoms with Crippen molar-refractivity contribution in [2.24, 2.45) is 0 Å². The first kappa shape index (κ1) is 22.0. The predicted octanol–water partition coefficient (Wildman–Crippen LogP) is 4.97. The first-order chi connectivity index (χ1) is 15.8. The number of imide groups is 1. The molecule has 4 rings (SSSR count). The Hall–Kier alpha value is -4.19. The van der Waals surface area contributed by atoms with Gasteiger partial charge in [-0.05, 0) is 73.4 Å². The summed E-state index contributed by atoms with van der Waals surface area (Å²) >= 11 is 0. The molecule has 0 bridgehead atoms. The van der Waals surface area contributed by atoms with E-state index >= 15 is 0 Å². The van der Waals surface area contributed by atoms with Crippen LogP contribution < -0.4 is 15.5 Å². The monoisotopic (exact) mass is 439 g/mol. The van der Waals surface area contributed by atoms with Gasteiger partial charge in [-0.1, -0.05) is 36.4 Å². The van der Waals surface area contributed by atoms with Gasteiger partial charge in [0, 0.05) is 18.3 Å². The predicted molar refractivity (Wildman–Crippen MR) is 131 cm³/mol. The average Bonchev–Trinajstić information content (AvgIpc) is 3.01. The summed E-state index contributed by atoms with van der Waals surface area (Å²) in [5.41, 5.74) is 6.03. The second kappa shape index (κ2) is 8.74. The van der Waals surface area contributed by atoms with Crippen LogP contribution in [0.1, 0.15) is 29.2 Å². The van der Waals surface area contributed by atoms with Crippen molar-refractivity contribution in [3.8, 4) is 0 Å². The van der Waals surface area contributed by atoms with Gasteiger partial charge < -0.3 is 10.6 Å². The van der Waals surface area contributed by atoms with Gasteiger partial charge in [-0.15, -0.1) is 0 Å². The molecule has 0 atom stereocenters. The van der Waals surface area contributed by atoms with E-state index in [1.54, 1.807) is 36.4 Å². The van der Waals surface area contributed by atoms with Crippen LogP contribution in [0, 0.1) is 20.8 Å². The van der Waals surface area contributed by atoms with Crippen molar-refractivity contribution in [3.05, 3.63) is 94.7 Å². The summed E-state index contributed by atoms with van der Waals surface area (Å²) in [5, 5.41) is 5.92. The number of hydrogen-bond donors (Lipinski definition) is 2.